The third-order valence-corrected chi connectivity index (χ3v) is 7.54. The number of pyridine rings is 1. The smallest absolute Gasteiger partial charge is 0.197 e. The van der Waals surface area contributed by atoms with Crippen molar-refractivity contribution in [2.24, 2.45) is 0 Å². The maximum Gasteiger partial charge on any atom is 0.197 e. The Morgan fingerprint density at radius 1 is 0.848 bits per heavy atom. The number of aromatic amines is 2. The molecule has 0 amide bonds. The second kappa shape index (κ2) is 9.24. The maximum absolute atomic E-state index is 12.9. The molecule has 8 nitrogen and oxygen atoms in total. The molecule has 2 aromatic carbocycles. The number of hydrogen-bond acceptors (Lipinski definition) is 6. The SMILES string of the molecule is Cc1c(OCCS(=O)c2nc3ccccc3[nH]2)ccnc1CS(=O)c1nc2ccccc2[nH]1. The Balaban J connectivity index is 1.23. The van der Waals surface area contributed by atoms with E-state index in [1.54, 1.807) is 12.3 Å². The molecule has 0 radical (unpaired) electrons. The van der Waals surface area contributed by atoms with Crippen molar-refractivity contribution in [3.05, 3.63) is 72.1 Å². The third-order valence-electron chi connectivity index (χ3n) is 5.22. The lowest BCUT2D eigenvalue weighted by Gasteiger charge is -2.11. The van der Waals surface area contributed by atoms with E-state index in [1.165, 1.54) is 0 Å². The molecule has 0 spiro atoms. The van der Waals surface area contributed by atoms with E-state index < -0.39 is 21.6 Å². The largest absolute Gasteiger partial charge is 0.492 e. The fourth-order valence-corrected chi connectivity index (χ4v) is 5.40. The predicted molar refractivity (Wildman–Crippen MR) is 128 cm³/mol. The van der Waals surface area contributed by atoms with Crippen LogP contribution in [0, 0.1) is 6.92 Å². The van der Waals surface area contributed by atoms with Crippen LogP contribution in [0.2, 0.25) is 0 Å². The Morgan fingerprint density at radius 2 is 1.45 bits per heavy atom. The van der Waals surface area contributed by atoms with E-state index in [0.717, 1.165) is 27.6 Å². The Morgan fingerprint density at radius 3 is 2.09 bits per heavy atom. The van der Waals surface area contributed by atoms with Gasteiger partial charge in [-0.25, -0.2) is 9.97 Å². The minimum absolute atomic E-state index is 0.216. The number of fused-ring (bicyclic) bond motifs is 2. The van der Waals surface area contributed by atoms with E-state index >= 15 is 0 Å². The summed E-state index contributed by atoms with van der Waals surface area (Å²) < 4.78 is 31.4. The molecule has 5 rings (SSSR count). The van der Waals surface area contributed by atoms with Crippen LogP contribution in [0.25, 0.3) is 22.1 Å². The van der Waals surface area contributed by atoms with Crippen LogP contribution < -0.4 is 4.74 Å². The van der Waals surface area contributed by atoms with E-state index in [1.807, 2.05) is 55.5 Å². The zero-order valence-electron chi connectivity index (χ0n) is 17.8. The van der Waals surface area contributed by atoms with Crippen LogP contribution in [-0.4, -0.2) is 45.7 Å². The number of hydrogen-bond donors (Lipinski definition) is 2. The van der Waals surface area contributed by atoms with Gasteiger partial charge >= 0.3 is 0 Å². The van der Waals surface area contributed by atoms with Gasteiger partial charge in [0.05, 0.1) is 60.9 Å². The van der Waals surface area contributed by atoms with Gasteiger partial charge < -0.3 is 14.7 Å². The van der Waals surface area contributed by atoms with Crippen molar-refractivity contribution in [3.8, 4) is 5.75 Å². The maximum atomic E-state index is 12.9. The highest BCUT2D eigenvalue weighted by Gasteiger charge is 2.16. The molecule has 2 atom stereocenters. The number of benzene rings is 2. The summed E-state index contributed by atoms with van der Waals surface area (Å²) in [6.07, 6.45) is 1.63. The van der Waals surface area contributed by atoms with Gasteiger partial charge in [0.2, 0.25) is 0 Å². The van der Waals surface area contributed by atoms with Crippen LogP contribution in [0.1, 0.15) is 11.3 Å². The molecule has 5 aromatic rings. The number of nitrogens with one attached hydrogen (secondary N) is 2. The lowest BCUT2D eigenvalue weighted by molar-refractivity contribution is 0.339. The lowest BCUT2D eigenvalue weighted by atomic mass is 10.2. The number of imidazole rings is 2. The first kappa shape index (κ1) is 21.5. The van der Waals surface area contributed by atoms with Crippen LogP contribution in [0.4, 0.5) is 0 Å². The van der Waals surface area contributed by atoms with Gasteiger partial charge in [0, 0.05) is 11.8 Å². The second-order valence-electron chi connectivity index (χ2n) is 7.39. The number of para-hydroxylation sites is 4. The molecule has 10 heteroatoms. The molecular formula is C23H21N5O3S2. The molecule has 2 N–H and O–H groups in total. The third kappa shape index (κ3) is 4.57. The molecule has 0 aliphatic carbocycles. The van der Waals surface area contributed by atoms with Crippen molar-refractivity contribution in [2.75, 3.05) is 12.4 Å². The number of nitrogens with zero attached hydrogens (tertiary/aromatic N) is 3. The Hall–Kier alpha value is -3.37. The van der Waals surface area contributed by atoms with E-state index in [-0.39, 0.29) is 12.4 Å². The van der Waals surface area contributed by atoms with Crippen molar-refractivity contribution >= 4 is 43.7 Å². The van der Waals surface area contributed by atoms with Crippen LogP contribution in [-0.2, 0) is 27.4 Å². The van der Waals surface area contributed by atoms with E-state index in [0.29, 0.717) is 27.5 Å². The molecule has 3 heterocycles. The van der Waals surface area contributed by atoms with E-state index in [9.17, 15) is 8.42 Å². The van der Waals surface area contributed by atoms with Gasteiger partial charge in [-0.15, -0.1) is 0 Å². The van der Waals surface area contributed by atoms with Crippen molar-refractivity contribution in [2.45, 2.75) is 23.0 Å². The zero-order valence-corrected chi connectivity index (χ0v) is 19.4. The molecule has 0 saturated carbocycles. The summed E-state index contributed by atoms with van der Waals surface area (Å²) in [5, 5.41) is 0.859. The summed E-state index contributed by atoms with van der Waals surface area (Å²) in [5.41, 5.74) is 4.74. The quantitative estimate of drug-likeness (QED) is 0.351. The molecule has 3 aromatic heterocycles. The molecule has 168 valence electrons. The predicted octanol–water partition coefficient (Wildman–Crippen LogP) is 3.64. The highest BCUT2D eigenvalue weighted by molar-refractivity contribution is 7.84. The molecule has 0 aliphatic heterocycles. The highest BCUT2D eigenvalue weighted by Crippen LogP contribution is 2.22. The van der Waals surface area contributed by atoms with Gasteiger partial charge in [-0.05, 0) is 37.3 Å². The van der Waals surface area contributed by atoms with Crippen molar-refractivity contribution < 1.29 is 13.2 Å². The van der Waals surface area contributed by atoms with Crippen molar-refractivity contribution in [3.63, 3.8) is 0 Å². The average Bonchev–Trinajstić information content (AvgIpc) is 3.45. The van der Waals surface area contributed by atoms with Crippen molar-refractivity contribution in [1.82, 2.24) is 24.9 Å². The Kier molecular flexibility index (Phi) is 6.01. The first-order chi connectivity index (χ1) is 16.1. The van der Waals surface area contributed by atoms with E-state index in [2.05, 4.69) is 24.9 Å². The lowest BCUT2D eigenvalue weighted by Crippen LogP contribution is -2.11. The van der Waals surface area contributed by atoms with Gasteiger partial charge in [0.25, 0.3) is 0 Å². The highest BCUT2D eigenvalue weighted by atomic mass is 32.2. The number of rotatable bonds is 8. The molecule has 2 unspecified atom stereocenters. The fourth-order valence-electron chi connectivity index (χ4n) is 3.45. The zero-order chi connectivity index (χ0) is 22.8. The summed E-state index contributed by atoms with van der Waals surface area (Å²) in [6.45, 7) is 2.13. The van der Waals surface area contributed by atoms with E-state index in [4.69, 9.17) is 4.74 Å². The molecule has 0 aliphatic rings. The molecule has 0 saturated heterocycles. The fraction of sp³-hybridized carbons (Fsp3) is 0.174. The minimum Gasteiger partial charge on any atom is -0.492 e. The summed E-state index contributed by atoms with van der Waals surface area (Å²) in [4.78, 5) is 19.4. The number of aromatic nitrogens is 5. The topological polar surface area (TPSA) is 114 Å². The first-order valence-corrected chi connectivity index (χ1v) is 13.0. The normalized spacial score (nSPS) is 13.4. The summed E-state index contributed by atoms with van der Waals surface area (Å²) in [7, 11) is -2.69. The molecule has 0 bridgehead atoms. The second-order valence-corrected chi connectivity index (χ2v) is 10.2. The van der Waals surface area contributed by atoms with Crippen LogP contribution in [0.5, 0.6) is 5.75 Å². The van der Waals surface area contributed by atoms with Crippen LogP contribution >= 0.6 is 0 Å². The number of H-pyrrole nitrogens is 2. The van der Waals surface area contributed by atoms with Crippen molar-refractivity contribution in [1.29, 1.82) is 0 Å². The molecule has 0 fully saturated rings. The summed E-state index contributed by atoms with van der Waals surface area (Å²) >= 11 is 0. The first-order valence-electron chi connectivity index (χ1n) is 10.3. The Labute approximate surface area is 194 Å². The van der Waals surface area contributed by atoms with Gasteiger partial charge in [0.15, 0.2) is 10.3 Å². The molecule has 33 heavy (non-hydrogen) atoms. The van der Waals surface area contributed by atoms with Crippen LogP contribution in [0.15, 0.2) is 71.1 Å². The average molecular weight is 480 g/mol. The van der Waals surface area contributed by atoms with Gasteiger partial charge in [-0.3, -0.25) is 13.4 Å². The summed E-state index contributed by atoms with van der Waals surface area (Å²) in [5.74, 6) is 1.14. The number of ether oxygens (including phenoxy) is 1. The van der Waals surface area contributed by atoms with Gasteiger partial charge in [-0.1, -0.05) is 24.3 Å². The molecular weight excluding hydrogens is 458 g/mol. The summed E-state index contributed by atoms with van der Waals surface area (Å²) in [6, 6.07) is 16.9. The standard InChI is InChI=1S/C23H21N5O3S2/c1-15-20(14-33(30)23-27-18-8-4-5-9-19(18)28-23)24-11-10-21(15)31-12-13-32(29)22-25-16-6-2-3-7-17(16)26-22/h2-11H,12-14H2,1H3,(H,25,26)(H,27,28). The Bertz CT molecular complexity index is 1430. The monoisotopic (exact) mass is 479 g/mol. The van der Waals surface area contributed by atoms with Gasteiger partial charge in [-0.2, -0.15) is 0 Å². The van der Waals surface area contributed by atoms with Crippen LogP contribution in [0.3, 0.4) is 0 Å². The van der Waals surface area contributed by atoms with Gasteiger partial charge in [0.1, 0.15) is 12.4 Å². The minimum atomic E-state index is -1.38.